The summed E-state index contributed by atoms with van der Waals surface area (Å²) in [4.78, 5) is 21.3. The first kappa shape index (κ1) is 18.8. The van der Waals surface area contributed by atoms with E-state index in [1.165, 1.54) is 0 Å². The van der Waals surface area contributed by atoms with Gasteiger partial charge in [0.15, 0.2) is 0 Å². The van der Waals surface area contributed by atoms with E-state index in [4.69, 9.17) is 16.3 Å². The van der Waals surface area contributed by atoms with E-state index in [9.17, 15) is 4.79 Å². The second-order valence-corrected chi connectivity index (χ2v) is 7.75. The number of pyridine rings is 2. The van der Waals surface area contributed by atoms with E-state index < -0.39 is 0 Å². The molecule has 0 spiro atoms. The Kier molecular flexibility index (Phi) is 5.29. The molecule has 1 N–H and O–H groups in total. The van der Waals surface area contributed by atoms with Gasteiger partial charge in [0.05, 0.1) is 6.61 Å². The third-order valence-corrected chi connectivity index (χ3v) is 5.56. The Balaban J connectivity index is 1.51. The molecule has 144 valence electrons. The number of methoxy groups -OCH3 is 1. The Morgan fingerprint density at radius 2 is 2.14 bits per heavy atom. The summed E-state index contributed by atoms with van der Waals surface area (Å²) < 4.78 is 5.25. The summed E-state index contributed by atoms with van der Waals surface area (Å²) in [5.41, 5.74) is 2.00. The molecule has 1 fully saturated rings. The van der Waals surface area contributed by atoms with Gasteiger partial charge in [-0.25, -0.2) is 4.98 Å². The van der Waals surface area contributed by atoms with Crippen molar-refractivity contribution in [3.63, 3.8) is 0 Å². The maximum atomic E-state index is 12.6. The zero-order valence-electron chi connectivity index (χ0n) is 15.9. The van der Waals surface area contributed by atoms with Crippen molar-refractivity contribution in [3.8, 4) is 0 Å². The fourth-order valence-corrected chi connectivity index (χ4v) is 3.95. The molecular weight excluding hydrogens is 374 g/mol. The molecule has 1 aromatic carbocycles. The van der Waals surface area contributed by atoms with Gasteiger partial charge in [-0.05, 0) is 47.7 Å². The van der Waals surface area contributed by atoms with Gasteiger partial charge in [0.25, 0.3) is 0 Å². The van der Waals surface area contributed by atoms with Gasteiger partial charge in [0.2, 0.25) is 5.91 Å². The second kappa shape index (κ2) is 7.86. The molecular formula is C22H22ClN3O2. The van der Waals surface area contributed by atoms with Gasteiger partial charge in [-0.3, -0.25) is 9.78 Å². The average molecular weight is 396 g/mol. The highest BCUT2D eigenvalue weighted by Gasteiger charge is 2.44. The SMILES string of the molecule is COC[C@@H](C)c1cc2cc(NC(=O)C3CC3c3ccccn3)ncc2cc1Cl. The summed E-state index contributed by atoms with van der Waals surface area (Å²) in [6.07, 6.45) is 4.33. The molecule has 0 aliphatic heterocycles. The molecule has 6 heteroatoms. The standard InChI is InChI=1S/C22H22ClN3O2/c1-13(12-28-2)16-7-14-9-21(25-11-15(14)8-19(16)23)26-22(27)18-10-17(18)20-5-3-4-6-24-20/h3-9,11,13,17-18H,10,12H2,1-2H3,(H,25,26,27)/t13-,17?,18?/m1/s1. The number of amides is 1. The number of carbonyl (C=O) groups is 1. The van der Waals surface area contributed by atoms with Crippen LogP contribution >= 0.6 is 11.6 Å². The summed E-state index contributed by atoms with van der Waals surface area (Å²) in [6.45, 7) is 2.67. The van der Waals surface area contributed by atoms with Crippen molar-refractivity contribution in [3.05, 3.63) is 65.1 Å². The molecule has 1 aliphatic carbocycles. The van der Waals surface area contributed by atoms with Crippen molar-refractivity contribution < 1.29 is 9.53 Å². The second-order valence-electron chi connectivity index (χ2n) is 7.34. The number of nitrogens with zero attached hydrogens (tertiary/aromatic N) is 2. The molecule has 0 radical (unpaired) electrons. The van der Waals surface area contributed by atoms with Crippen LogP contribution in [0.5, 0.6) is 0 Å². The first-order valence-corrected chi connectivity index (χ1v) is 9.74. The predicted molar refractivity (Wildman–Crippen MR) is 111 cm³/mol. The number of halogens is 1. The lowest BCUT2D eigenvalue weighted by molar-refractivity contribution is -0.117. The maximum absolute atomic E-state index is 12.6. The number of ether oxygens (including phenoxy) is 1. The topological polar surface area (TPSA) is 64.1 Å². The number of hydrogen-bond acceptors (Lipinski definition) is 4. The number of aromatic nitrogens is 2. The van der Waals surface area contributed by atoms with Gasteiger partial charge in [-0.1, -0.05) is 24.6 Å². The van der Waals surface area contributed by atoms with Gasteiger partial charge in [-0.2, -0.15) is 0 Å². The normalized spacial score (nSPS) is 19.4. The number of anilines is 1. The van der Waals surface area contributed by atoms with Crippen LogP contribution < -0.4 is 5.32 Å². The van der Waals surface area contributed by atoms with Gasteiger partial charge in [-0.15, -0.1) is 0 Å². The Hall–Kier alpha value is -2.50. The van der Waals surface area contributed by atoms with Gasteiger partial charge in [0, 0.05) is 53.4 Å². The minimum absolute atomic E-state index is 0.00978. The van der Waals surface area contributed by atoms with Crippen LogP contribution in [0, 0.1) is 5.92 Å². The van der Waals surface area contributed by atoms with Crippen molar-refractivity contribution in [1.29, 1.82) is 0 Å². The highest BCUT2D eigenvalue weighted by Crippen LogP contribution is 2.47. The molecule has 1 saturated carbocycles. The molecule has 2 aromatic heterocycles. The van der Waals surface area contributed by atoms with Gasteiger partial charge >= 0.3 is 0 Å². The minimum atomic E-state index is -0.0464. The van der Waals surface area contributed by atoms with Crippen LogP contribution in [-0.4, -0.2) is 29.6 Å². The molecule has 1 aliphatic rings. The van der Waals surface area contributed by atoms with Crippen molar-refractivity contribution in [1.82, 2.24) is 9.97 Å². The van der Waals surface area contributed by atoms with Crippen LogP contribution in [0.3, 0.4) is 0 Å². The first-order chi connectivity index (χ1) is 13.6. The van der Waals surface area contributed by atoms with Crippen molar-refractivity contribution in [2.45, 2.75) is 25.2 Å². The van der Waals surface area contributed by atoms with Crippen molar-refractivity contribution >= 4 is 34.1 Å². The fourth-order valence-electron chi connectivity index (χ4n) is 3.60. The average Bonchev–Trinajstić information content (AvgIpc) is 3.49. The summed E-state index contributed by atoms with van der Waals surface area (Å²) in [6, 6.07) is 11.7. The maximum Gasteiger partial charge on any atom is 0.229 e. The Labute approximate surface area is 169 Å². The van der Waals surface area contributed by atoms with Crippen LogP contribution in [0.25, 0.3) is 10.8 Å². The molecule has 2 heterocycles. The third kappa shape index (κ3) is 3.86. The van der Waals surface area contributed by atoms with Crippen LogP contribution in [-0.2, 0) is 9.53 Å². The monoisotopic (exact) mass is 395 g/mol. The Morgan fingerprint density at radius 3 is 2.89 bits per heavy atom. The third-order valence-electron chi connectivity index (χ3n) is 5.23. The van der Waals surface area contributed by atoms with Crippen LogP contribution in [0.15, 0.2) is 48.8 Å². The number of nitrogens with one attached hydrogen (secondary N) is 1. The molecule has 5 nitrogen and oxygen atoms in total. The number of hydrogen-bond donors (Lipinski definition) is 1. The van der Waals surface area contributed by atoms with E-state index >= 15 is 0 Å². The predicted octanol–water partition coefficient (Wildman–Crippen LogP) is 4.78. The Morgan fingerprint density at radius 1 is 1.29 bits per heavy atom. The number of fused-ring (bicyclic) bond motifs is 1. The lowest BCUT2D eigenvalue weighted by Gasteiger charge is -2.14. The van der Waals surface area contributed by atoms with E-state index in [0.717, 1.165) is 28.5 Å². The van der Waals surface area contributed by atoms with E-state index in [-0.39, 0.29) is 23.7 Å². The smallest absolute Gasteiger partial charge is 0.229 e. The van der Waals surface area contributed by atoms with Crippen LogP contribution in [0.2, 0.25) is 5.02 Å². The summed E-state index contributed by atoms with van der Waals surface area (Å²) in [7, 11) is 1.68. The molecule has 2 unspecified atom stereocenters. The van der Waals surface area contributed by atoms with Gasteiger partial charge < -0.3 is 10.1 Å². The molecule has 4 rings (SSSR count). The quantitative estimate of drug-likeness (QED) is 0.652. The molecule has 1 amide bonds. The lowest BCUT2D eigenvalue weighted by Crippen LogP contribution is -2.15. The minimum Gasteiger partial charge on any atom is -0.384 e. The zero-order valence-corrected chi connectivity index (χ0v) is 16.6. The first-order valence-electron chi connectivity index (χ1n) is 9.36. The highest BCUT2D eigenvalue weighted by atomic mass is 35.5. The van der Waals surface area contributed by atoms with Crippen LogP contribution in [0.4, 0.5) is 5.82 Å². The van der Waals surface area contributed by atoms with Crippen molar-refractivity contribution in [2.75, 3.05) is 19.0 Å². The highest BCUT2D eigenvalue weighted by molar-refractivity contribution is 6.32. The number of rotatable bonds is 6. The number of carbonyl (C=O) groups excluding carboxylic acids is 1. The molecule has 3 atom stereocenters. The largest absolute Gasteiger partial charge is 0.384 e. The van der Waals surface area contributed by atoms with Crippen LogP contribution in [0.1, 0.15) is 36.4 Å². The Bertz CT molecular complexity index is 1010. The van der Waals surface area contributed by atoms with Crippen molar-refractivity contribution in [2.24, 2.45) is 5.92 Å². The number of benzene rings is 1. The summed E-state index contributed by atoms with van der Waals surface area (Å²) in [5, 5.41) is 5.58. The summed E-state index contributed by atoms with van der Waals surface area (Å²) >= 11 is 6.42. The molecule has 0 bridgehead atoms. The molecule has 0 saturated heterocycles. The van der Waals surface area contributed by atoms with E-state index in [1.807, 2.05) is 36.4 Å². The van der Waals surface area contributed by atoms with E-state index in [2.05, 4.69) is 22.2 Å². The molecule has 3 aromatic rings. The summed E-state index contributed by atoms with van der Waals surface area (Å²) in [5.74, 6) is 0.872. The fraction of sp³-hybridized carbons (Fsp3) is 0.318. The van der Waals surface area contributed by atoms with Gasteiger partial charge in [0.1, 0.15) is 5.82 Å². The lowest BCUT2D eigenvalue weighted by atomic mass is 9.99. The zero-order chi connectivity index (χ0) is 19.7. The molecule has 28 heavy (non-hydrogen) atoms. The van der Waals surface area contributed by atoms with E-state index in [0.29, 0.717) is 17.4 Å². The van der Waals surface area contributed by atoms with E-state index in [1.54, 1.807) is 19.5 Å².